The number of nitrogens with one attached hydrogen (secondary N) is 1. The third kappa shape index (κ3) is 40.5. The maximum absolute atomic E-state index is 10.8. The van der Waals surface area contributed by atoms with E-state index < -0.39 is 0 Å². The second kappa shape index (κ2) is 29.3. The smallest absolute Gasteiger partial charge is 0.220 e. The van der Waals surface area contributed by atoms with E-state index >= 15 is 0 Å². The van der Waals surface area contributed by atoms with Gasteiger partial charge in [0.2, 0.25) is 5.91 Å². The minimum atomic E-state index is 0. The number of carbonyl (C=O) groups excluding carboxylic acids is 1. The summed E-state index contributed by atoms with van der Waals surface area (Å²) in [7, 11) is 1.00. The van der Waals surface area contributed by atoms with Crippen LogP contribution in [0.3, 0.4) is 0 Å². The first-order valence-corrected chi connectivity index (χ1v) is 9.36. The molecule has 0 aliphatic rings. The fourth-order valence-electron chi connectivity index (χ4n) is 1.51. The first-order valence-electron chi connectivity index (χ1n) is 9.36. The number of amides is 1. The quantitative estimate of drug-likeness (QED) is 0.534. The molecule has 0 aromatic heterocycles. The Bertz CT molecular complexity index is 235. The van der Waals surface area contributed by atoms with Crippen molar-refractivity contribution in [3.05, 3.63) is 6.42 Å². The van der Waals surface area contributed by atoms with Crippen LogP contribution in [0.5, 0.6) is 0 Å². The summed E-state index contributed by atoms with van der Waals surface area (Å²) < 4.78 is 5.60. The van der Waals surface area contributed by atoms with E-state index in [4.69, 9.17) is 9.84 Å². The van der Waals surface area contributed by atoms with Crippen LogP contribution in [0.15, 0.2) is 0 Å². The maximum Gasteiger partial charge on any atom is 0.220 e. The SMILES string of the molecule is CC.CC(C)CCC(C)OC(C)C.CO.C[CH-]CNC(=O)C(C)C.[Y]. The molecule has 0 aliphatic heterocycles. The molecular formula is C20H46NO3Y-. The molecule has 0 aromatic rings. The molecule has 1 atom stereocenters. The first-order chi connectivity index (χ1) is 11.2. The van der Waals surface area contributed by atoms with E-state index in [2.05, 4.69) is 39.9 Å². The zero-order valence-corrected chi connectivity index (χ0v) is 21.7. The number of carbonyl (C=O) groups is 1. The summed E-state index contributed by atoms with van der Waals surface area (Å²) in [5.41, 5.74) is 0. The van der Waals surface area contributed by atoms with Crippen molar-refractivity contribution in [2.75, 3.05) is 13.7 Å². The van der Waals surface area contributed by atoms with Gasteiger partial charge in [-0.2, -0.15) is 6.92 Å². The van der Waals surface area contributed by atoms with Gasteiger partial charge in [-0.05, 0) is 39.5 Å². The zero-order valence-electron chi connectivity index (χ0n) is 18.8. The van der Waals surface area contributed by atoms with Crippen LogP contribution in [-0.4, -0.2) is 36.9 Å². The summed E-state index contributed by atoms with van der Waals surface area (Å²) in [6.45, 7) is 21.2. The summed E-state index contributed by atoms with van der Waals surface area (Å²) in [4.78, 5) is 10.8. The molecule has 1 radical (unpaired) electrons. The van der Waals surface area contributed by atoms with Crippen LogP contribution in [0.2, 0.25) is 0 Å². The molecule has 25 heavy (non-hydrogen) atoms. The topological polar surface area (TPSA) is 58.6 Å². The third-order valence-corrected chi connectivity index (χ3v) is 2.66. The molecule has 0 bridgehead atoms. The fraction of sp³-hybridized carbons (Fsp3) is 0.900. The molecule has 0 spiro atoms. The molecule has 2 N–H and O–H groups in total. The first kappa shape index (κ1) is 36.4. The van der Waals surface area contributed by atoms with Crippen LogP contribution in [0.25, 0.3) is 0 Å². The van der Waals surface area contributed by atoms with Gasteiger partial charge in [0.15, 0.2) is 0 Å². The Kier molecular flexibility index (Phi) is 42.6. The number of hydrogen-bond donors (Lipinski definition) is 2. The maximum atomic E-state index is 10.8. The van der Waals surface area contributed by atoms with Gasteiger partial charge in [-0.3, -0.25) is 4.79 Å². The zero-order chi connectivity index (χ0) is 20.1. The molecule has 4 nitrogen and oxygen atoms in total. The third-order valence-electron chi connectivity index (χ3n) is 2.66. The van der Waals surface area contributed by atoms with Crippen LogP contribution >= 0.6 is 0 Å². The van der Waals surface area contributed by atoms with Crippen molar-refractivity contribution in [3.8, 4) is 0 Å². The Balaban J connectivity index is -0.0000000867. The molecule has 0 saturated heterocycles. The van der Waals surface area contributed by atoms with Crippen LogP contribution < -0.4 is 5.32 Å². The average Bonchev–Trinajstić information content (AvgIpc) is 2.54. The second-order valence-electron chi connectivity index (χ2n) is 6.27. The van der Waals surface area contributed by atoms with E-state index in [9.17, 15) is 4.79 Å². The Labute approximate surface area is 184 Å². The molecule has 0 aliphatic carbocycles. The molecule has 0 fully saturated rings. The van der Waals surface area contributed by atoms with Gasteiger partial charge >= 0.3 is 0 Å². The predicted octanol–water partition coefficient (Wildman–Crippen LogP) is 4.85. The van der Waals surface area contributed by atoms with E-state index in [0.29, 0.717) is 18.8 Å². The van der Waals surface area contributed by atoms with Gasteiger partial charge in [0.25, 0.3) is 0 Å². The molecule has 0 aromatic carbocycles. The van der Waals surface area contributed by atoms with Crippen molar-refractivity contribution in [1.29, 1.82) is 0 Å². The van der Waals surface area contributed by atoms with Gasteiger partial charge in [-0.1, -0.05) is 41.5 Å². The predicted molar refractivity (Wildman–Crippen MR) is 107 cm³/mol. The van der Waals surface area contributed by atoms with Crippen molar-refractivity contribution in [1.82, 2.24) is 5.32 Å². The Hall–Kier alpha value is 0.494. The van der Waals surface area contributed by atoms with E-state index in [1.54, 1.807) is 0 Å². The summed E-state index contributed by atoms with van der Waals surface area (Å²) in [5.74, 6) is 1.02. The number of rotatable bonds is 8. The largest absolute Gasteiger partial charge is 0.400 e. The Morgan fingerprint density at radius 1 is 1.00 bits per heavy atom. The average molecular weight is 437 g/mol. The van der Waals surface area contributed by atoms with Crippen LogP contribution in [-0.2, 0) is 42.2 Å². The summed E-state index contributed by atoms with van der Waals surface area (Å²) in [6.07, 6.45) is 5.18. The van der Waals surface area contributed by atoms with E-state index in [0.717, 1.165) is 13.0 Å². The standard InChI is InChI=1S/C10H22O.C7H14NO.C2H6.CH4O.Y/c1-8(2)6-7-10(5)11-9(3)4;1-4-5-8-7(9)6(2)3;2*1-2;/h8-10H,6-7H2,1-5H3;4,6H,5H2,1-3H3,(H,8,9);1-2H3;2H,1H3;/q;-1;;;. The van der Waals surface area contributed by atoms with E-state index in [1.165, 1.54) is 12.8 Å². The van der Waals surface area contributed by atoms with Crippen LogP contribution in [0.1, 0.15) is 82.1 Å². The van der Waals surface area contributed by atoms with Crippen molar-refractivity contribution in [2.24, 2.45) is 11.8 Å². The van der Waals surface area contributed by atoms with Gasteiger partial charge in [0.1, 0.15) is 0 Å². The minimum Gasteiger partial charge on any atom is -0.400 e. The van der Waals surface area contributed by atoms with E-state index in [1.807, 2.05) is 41.0 Å². The molecule has 5 heteroatoms. The molecular weight excluding hydrogens is 391 g/mol. The summed E-state index contributed by atoms with van der Waals surface area (Å²) in [6, 6.07) is 0. The molecule has 0 saturated carbocycles. The molecule has 1 amide bonds. The van der Waals surface area contributed by atoms with Crippen molar-refractivity contribution in [3.63, 3.8) is 0 Å². The van der Waals surface area contributed by atoms with Crippen molar-refractivity contribution in [2.45, 2.75) is 94.3 Å². The van der Waals surface area contributed by atoms with Gasteiger partial charge < -0.3 is 21.6 Å². The van der Waals surface area contributed by atoms with Gasteiger partial charge in [-0.25, -0.2) is 0 Å². The minimum absolute atomic E-state index is 0. The number of aliphatic hydroxyl groups excluding tert-OH is 1. The van der Waals surface area contributed by atoms with Gasteiger partial charge in [0, 0.05) is 45.7 Å². The molecule has 0 heterocycles. The van der Waals surface area contributed by atoms with E-state index in [-0.39, 0.29) is 44.5 Å². The molecule has 0 rings (SSSR count). The number of ether oxygens (including phenoxy) is 1. The van der Waals surface area contributed by atoms with Crippen LogP contribution in [0.4, 0.5) is 0 Å². The molecule has 153 valence electrons. The Morgan fingerprint density at radius 2 is 1.44 bits per heavy atom. The van der Waals surface area contributed by atoms with Crippen LogP contribution in [0, 0.1) is 18.3 Å². The monoisotopic (exact) mass is 437 g/mol. The number of aliphatic hydroxyl groups is 1. The summed E-state index contributed by atoms with van der Waals surface area (Å²) >= 11 is 0. The molecule has 1 unspecified atom stereocenters. The second-order valence-corrected chi connectivity index (χ2v) is 6.27. The van der Waals surface area contributed by atoms with Crippen molar-refractivity contribution < 1.29 is 47.3 Å². The summed E-state index contributed by atoms with van der Waals surface area (Å²) in [5, 5.41) is 9.74. The number of hydrogen-bond acceptors (Lipinski definition) is 3. The fourth-order valence-corrected chi connectivity index (χ4v) is 1.51. The Morgan fingerprint density at radius 3 is 1.72 bits per heavy atom. The van der Waals surface area contributed by atoms with Crippen molar-refractivity contribution >= 4 is 5.91 Å². The van der Waals surface area contributed by atoms with Gasteiger partial charge in [-0.15, -0.1) is 6.54 Å². The normalized spacial score (nSPS) is 10.4. The van der Waals surface area contributed by atoms with Gasteiger partial charge in [0.05, 0.1) is 12.2 Å².